The third kappa shape index (κ3) is 5.43. The Morgan fingerprint density at radius 2 is 1.71 bits per heavy atom. The number of rotatable bonds is 9. The van der Waals surface area contributed by atoms with Crippen LogP contribution in [0.2, 0.25) is 0 Å². The van der Waals surface area contributed by atoms with Crippen LogP contribution >= 0.6 is 23.2 Å². The van der Waals surface area contributed by atoms with E-state index in [9.17, 15) is 24.9 Å². The van der Waals surface area contributed by atoms with Crippen LogP contribution in [0.5, 0.6) is 0 Å². The molecule has 3 N–H and O–H groups in total. The van der Waals surface area contributed by atoms with Gasteiger partial charge < -0.3 is 25.0 Å². The maximum absolute atomic E-state index is 12.8. The maximum Gasteiger partial charge on any atom is 0.410 e. The van der Waals surface area contributed by atoms with Crippen molar-refractivity contribution < 1.29 is 29.6 Å². The third-order valence-corrected chi connectivity index (χ3v) is 11.9. The Hall–Kier alpha value is -0.760. The second-order valence-electron chi connectivity index (χ2n) is 13.2. The standard InChI is InChI=1S/C29H47Cl2NO6/c1-17(4-7-25(35)36)20-5-6-21-26-22(16-24(34)29(20,21)3)28(2)9-8-19(14-18(28)15-23(26)33)38-27(37)32(12-10-30)13-11-31/h17-24,26,33-34H,4-16H2,1-3H3,(H,35,36)/t17-,18+,19-,20-,21+,22+,23-,24+,26+,28+,29-/m1/s1. The zero-order valence-electron chi connectivity index (χ0n) is 23.2. The lowest BCUT2D eigenvalue weighted by molar-refractivity contribution is -0.207. The number of carbonyl (C=O) groups excluding carboxylic acids is 1. The minimum atomic E-state index is -0.769. The van der Waals surface area contributed by atoms with E-state index in [4.69, 9.17) is 27.9 Å². The molecule has 0 spiro atoms. The summed E-state index contributed by atoms with van der Waals surface area (Å²) in [6, 6.07) is 0. The van der Waals surface area contributed by atoms with E-state index in [1.165, 1.54) is 0 Å². The summed E-state index contributed by atoms with van der Waals surface area (Å²) in [6.07, 6.45) is 5.05. The highest BCUT2D eigenvalue weighted by atomic mass is 35.5. The molecule has 4 fully saturated rings. The molecule has 4 rings (SSSR count). The van der Waals surface area contributed by atoms with Gasteiger partial charge in [-0.1, -0.05) is 20.8 Å². The van der Waals surface area contributed by atoms with E-state index in [1.54, 1.807) is 4.90 Å². The lowest BCUT2D eigenvalue weighted by atomic mass is 9.43. The van der Waals surface area contributed by atoms with Gasteiger partial charge >= 0.3 is 12.1 Å². The number of halogens is 2. The molecule has 4 saturated carbocycles. The van der Waals surface area contributed by atoms with Gasteiger partial charge in [-0.25, -0.2) is 4.79 Å². The smallest absolute Gasteiger partial charge is 0.410 e. The number of aliphatic hydroxyl groups is 2. The molecule has 0 aromatic heterocycles. The Morgan fingerprint density at radius 1 is 1.03 bits per heavy atom. The lowest BCUT2D eigenvalue weighted by Crippen LogP contribution is -2.62. The summed E-state index contributed by atoms with van der Waals surface area (Å²) in [5.41, 5.74) is -0.321. The van der Waals surface area contributed by atoms with Crippen molar-refractivity contribution in [2.24, 2.45) is 46.3 Å². The summed E-state index contributed by atoms with van der Waals surface area (Å²) in [5, 5.41) is 32.5. The van der Waals surface area contributed by atoms with E-state index >= 15 is 0 Å². The number of hydrogen-bond acceptors (Lipinski definition) is 5. The number of ether oxygens (including phenoxy) is 1. The molecule has 0 unspecified atom stereocenters. The van der Waals surface area contributed by atoms with Gasteiger partial charge in [0.15, 0.2) is 0 Å². The second-order valence-corrected chi connectivity index (χ2v) is 13.9. The van der Waals surface area contributed by atoms with Crippen molar-refractivity contribution in [2.45, 2.75) is 96.9 Å². The molecule has 9 heteroatoms. The summed E-state index contributed by atoms with van der Waals surface area (Å²) >= 11 is 11.7. The predicted octanol–water partition coefficient (Wildman–Crippen LogP) is 5.37. The van der Waals surface area contributed by atoms with Crippen LogP contribution in [0.15, 0.2) is 0 Å². The summed E-state index contributed by atoms with van der Waals surface area (Å²) in [4.78, 5) is 25.5. The van der Waals surface area contributed by atoms with Crippen molar-refractivity contribution in [3.63, 3.8) is 0 Å². The number of amides is 1. The highest BCUT2D eigenvalue weighted by molar-refractivity contribution is 6.18. The molecule has 0 aromatic carbocycles. The van der Waals surface area contributed by atoms with Crippen molar-refractivity contribution in [1.29, 1.82) is 0 Å². The molecule has 38 heavy (non-hydrogen) atoms. The third-order valence-electron chi connectivity index (χ3n) is 11.5. The average Bonchev–Trinajstić information content (AvgIpc) is 3.22. The van der Waals surface area contributed by atoms with Gasteiger partial charge in [0.1, 0.15) is 6.10 Å². The van der Waals surface area contributed by atoms with Gasteiger partial charge in [-0.3, -0.25) is 4.79 Å². The minimum absolute atomic E-state index is 0.0198. The summed E-state index contributed by atoms with van der Waals surface area (Å²) in [6.45, 7) is 7.48. The number of fused-ring (bicyclic) bond motifs is 5. The van der Waals surface area contributed by atoms with Gasteiger partial charge in [-0.2, -0.15) is 0 Å². The second kappa shape index (κ2) is 12.0. The molecular formula is C29H47Cl2NO6. The van der Waals surface area contributed by atoms with Crippen LogP contribution in [0.25, 0.3) is 0 Å². The number of nitrogens with zero attached hydrogens (tertiary/aromatic N) is 1. The first kappa shape index (κ1) is 30.2. The monoisotopic (exact) mass is 575 g/mol. The van der Waals surface area contributed by atoms with Crippen LogP contribution < -0.4 is 0 Å². The molecule has 0 aromatic rings. The minimum Gasteiger partial charge on any atom is -0.481 e. The number of hydrogen-bond donors (Lipinski definition) is 3. The van der Waals surface area contributed by atoms with Gasteiger partial charge in [0.2, 0.25) is 0 Å². The Labute approximate surface area is 237 Å². The van der Waals surface area contributed by atoms with Crippen molar-refractivity contribution in [3.05, 3.63) is 0 Å². The van der Waals surface area contributed by atoms with Crippen molar-refractivity contribution >= 4 is 35.3 Å². The van der Waals surface area contributed by atoms with Gasteiger partial charge in [0.05, 0.1) is 12.2 Å². The molecule has 0 heterocycles. The highest BCUT2D eigenvalue weighted by Gasteiger charge is 2.65. The Bertz CT molecular complexity index is 855. The van der Waals surface area contributed by atoms with E-state index in [1.807, 2.05) is 0 Å². The molecule has 11 atom stereocenters. The average molecular weight is 577 g/mol. The van der Waals surface area contributed by atoms with Crippen LogP contribution in [-0.4, -0.2) is 75.4 Å². The summed E-state index contributed by atoms with van der Waals surface area (Å²) < 4.78 is 5.91. The highest BCUT2D eigenvalue weighted by Crippen LogP contribution is 2.68. The molecule has 0 radical (unpaired) electrons. The van der Waals surface area contributed by atoms with Crippen molar-refractivity contribution in [1.82, 2.24) is 4.90 Å². The largest absolute Gasteiger partial charge is 0.481 e. The Morgan fingerprint density at radius 3 is 2.34 bits per heavy atom. The number of carboxylic acids is 1. The van der Waals surface area contributed by atoms with Crippen LogP contribution in [0, 0.1) is 46.3 Å². The van der Waals surface area contributed by atoms with Gasteiger partial charge in [-0.05, 0) is 97.7 Å². The molecule has 218 valence electrons. The van der Waals surface area contributed by atoms with Gasteiger partial charge in [0, 0.05) is 31.3 Å². The predicted molar refractivity (Wildman–Crippen MR) is 147 cm³/mol. The van der Waals surface area contributed by atoms with Crippen molar-refractivity contribution in [2.75, 3.05) is 24.8 Å². The molecule has 4 aliphatic carbocycles. The quantitative estimate of drug-likeness (QED) is 0.319. The van der Waals surface area contributed by atoms with E-state index in [-0.39, 0.29) is 65.0 Å². The van der Waals surface area contributed by atoms with E-state index in [0.29, 0.717) is 44.1 Å². The Kier molecular flexibility index (Phi) is 9.54. The number of carbonyl (C=O) groups is 2. The fourth-order valence-electron chi connectivity index (χ4n) is 9.49. The fourth-order valence-corrected chi connectivity index (χ4v) is 9.90. The van der Waals surface area contributed by atoms with Crippen LogP contribution in [0.1, 0.15) is 78.6 Å². The molecule has 0 aliphatic heterocycles. The van der Waals surface area contributed by atoms with Gasteiger partial charge in [0.25, 0.3) is 0 Å². The SMILES string of the molecule is C[C@H](CCC(=O)O)[C@H]1CC[C@H]2[C@@H]3[C@H](O)C[C@@H]4C[C@H](OC(=O)N(CCCl)CCCl)CC[C@]4(C)[C@H]3C[C@H](O)[C@]12C. The first-order valence-electron chi connectivity index (χ1n) is 14.6. The number of aliphatic hydroxyl groups excluding tert-OH is 2. The first-order chi connectivity index (χ1) is 18.0. The van der Waals surface area contributed by atoms with Crippen LogP contribution in [-0.2, 0) is 9.53 Å². The molecule has 0 saturated heterocycles. The maximum atomic E-state index is 12.8. The number of alkyl halides is 2. The zero-order valence-corrected chi connectivity index (χ0v) is 24.7. The molecule has 0 bridgehead atoms. The zero-order chi connectivity index (χ0) is 27.8. The van der Waals surface area contributed by atoms with Gasteiger partial charge in [-0.15, -0.1) is 23.2 Å². The topological polar surface area (TPSA) is 107 Å². The molecule has 4 aliphatic rings. The molecule has 7 nitrogen and oxygen atoms in total. The van der Waals surface area contributed by atoms with E-state index in [0.717, 1.165) is 32.1 Å². The first-order valence-corrected chi connectivity index (χ1v) is 15.7. The van der Waals surface area contributed by atoms with E-state index < -0.39 is 18.2 Å². The number of aliphatic carboxylic acids is 1. The molecule has 1 amide bonds. The normalized spacial score (nSPS) is 42.9. The fraction of sp³-hybridized carbons (Fsp3) is 0.931. The Balaban J connectivity index is 1.48. The van der Waals surface area contributed by atoms with E-state index in [2.05, 4.69) is 20.8 Å². The summed E-state index contributed by atoms with van der Waals surface area (Å²) in [5.74, 6) is 1.19. The summed E-state index contributed by atoms with van der Waals surface area (Å²) in [7, 11) is 0. The van der Waals surface area contributed by atoms with Crippen molar-refractivity contribution in [3.8, 4) is 0 Å². The molecular weight excluding hydrogens is 529 g/mol. The van der Waals surface area contributed by atoms with Crippen LogP contribution in [0.4, 0.5) is 4.79 Å². The number of carboxylic acid groups (broad SMARTS) is 1. The lowest BCUT2D eigenvalue weighted by Gasteiger charge is -2.63. The van der Waals surface area contributed by atoms with Crippen LogP contribution in [0.3, 0.4) is 0 Å².